The summed E-state index contributed by atoms with van der Waals surface area (Å²) in [7, 11) is 3.01. The number of nitrogens with zero attached hydrogens (tertiary/aromatic N) is 1. The highest BCUT2D eigenvalue weighted by Gasteiger charge is 2.17. The Bertz CT molecular complexity index is 1800. The van der Waals surface area contributed by atoms with Crippen molar-refractivity contribution >= 4 is 28.9 Å². The topological polar surface area (TPSA) is 105 Å². The molecule has 0 aliphatic rings. The summed E-state index contributed by atoms with van der Waals surface area (Å²) in [6.07, 6.45) is 0.608. The molecule has 1 atom stereocenters. The van der Waals surface area contributed by atoms with Crippen LogP contribution in [0.25, 0.3) is 10.8 Å². The van der Waals surface area contributed by atoms with Crippen LogP contribution in [0.5, 0.6) is 28.7 Å². The fourth-order valence-electron chi connectivity index (χ4n) is 4.48. The summed E-state index contributed by atoms with van der Waals surface area (Å²) in [5.41, 5.74) is 4.37. The Kier molecular flexibility index (Phi) is 9.91. The number of fused-ring (bicyclic) bond motifs is 1. The number of benzene rings is 5. The van der Waals surface area contributed by atoms with Crippen LogP contribution in [0.3, 0.4) is 0 Å². The van der Waals surface area contributed by atoms with Crippen LogP contribution in [-0.4, -0.2) is 38.4 Å². The minimum atomic E-state index is -0.840. The summed E-state index contributed by atoms with van der Waals surface area (Å²) in [6.45, 7) is 2.07. The number of nitrogens with one attached hydrogen (secondary N) is 1. The van der Waals surface area contributed by atoms with E-state index < -0.39 is 18.0 Å². The molecule has 5 rings (SSSR count). The molecular weight excluding hydrogens is 572 g/mol. The number of hydrogen-bond donors (Lipinski definition) is 1. The minimum Gasteiger partial charge on any atom is -0.493 e. The van der Waals surface area contributed by atoms with Gasteiger partial charge in [0.2, 0.25) is 0 Å². The van der Waals surface area contributed by atoms with E-state index in [-0.39, 0.29) is 11.3 Å². The summed E-state index contributed by atoms with van der Waals surface area (Å²) in [6, 6.07) is 32.8. The van der Waals surface area contributed by atoms with E-state index in [2.05, 4.69) is 10.5 Å². The predicted octanol–water partition coefficient (Wildman–Crippen LogP) is 6.57. The van der Waals surface area contributed by atoms with Gasteiger partial charge in [-0.1, -0.05) is 60.7 Å². The largest absolute Gasteiger partial charge is 0.493 e. The molecule has 0 spiro atoms. The van der Waals surface area contributed by atoms with E-state index in [1.54, 1.807) is 55.5 Å². The van der Waals surface area contributed by atoms with Gasteiger partial charge in [-0.05, 0) is 71.8 Å². The van der Waals surface area contributed by atoms with Crippen LogP contribution in [0.4, 0.5) is 0 Å². The summed E-state index contributed by atoms with van der Waals surface area (Å²) in [5.74, 6) is 1.30. The Morgan fingerprint density at radius 3 is 2.22 bits per heavy atom. The van der Waals surface area contributed by atoms with Gasteiger partial charge in [0.05, 0.1) is 26.0 Å². The molecule has 0 saturated carbocycles. The standard InChI is InChI=1S/C36H32N2O7/c1-24(44-29-17-15-28(16-18-29)43-23-25-9-5-4-6-10-25)35(39)38-37-22-31-30-12-8-7-11-26(30)13-19-32(31)45-36(40)27-14-20-33(41-2)34(21-27)42-3/h4-22,24H,23H2,1-3H3,(H,38,39)/b37-22-/t24-/m1/s1. The number of carbonyl (C=O) groups is 2. The molecule has 9 nitrogen and oxygen atoms in total. The molecule has 5 aromatic rings. The second kappa shape index (κ2) is 14.6. The van der Waals surface area contributed by atoms with Crippen molar-refractivity contribution in [3.8, 4) is 28.7 Å². The van der Waals surface area contributed by atoms with Gasteiger partial charge < -0.3 is 23.7 Å². The number of hydrazone groups is 1. The third kappa shape index (κ3) is 7.77. The zero-order valence-corrected chi connectivity index (χ0v) is 25.1. The highest BCUT2D eigenvalue weighted by atomic mass is 16.5. The maximum Gasteiger partial charge on any atom is 0.343 e. The summed E-state index contributed by atoms with van der Waals surface area (Å²) in [4.78, 5) is 25.9. The van der Waals surface area contributed by atoms with Gasteiger partial charge in [0.1, 0.15) is 23.9 Å². The molecular formula is C36H32N2O7. The summed E-state index contributed by atoms with van der Waals surface area (Å²) in [5, 5.41) is 5.85. The van der Waals surface area contributed by atoms with E-state index >= 15 is 0 Å². The van der Waals surface area contributed by atoms with Crippen LogP contribution < -0.4 is 29.1 Å². The number of carbonyl (C=O) groups excluding carboxylic acids is 2. The van der Waals surface area contributed by atoms with Crippen molar-refractivity contribution < 1.29 is 33.3 Å². The minimum absolute atomic E-state index is 0.269. The van der Waals surface area contributed by atoms with Gasteiger partial charge in [0.15, 0.2) is 17.6 Å². The van der Waals surface area contributed by atoms with E-state index in [1.807, 2.05) is 60.7 Å². The van der Waals surface area contributed by atoms with Crippen molar-refractivity contribution in [3.05, 3.63) is 126 Å². The predicted molar refractivity (Wildman–Crippen MR) is 171 cm³/mol. The molecule has 9 heteroatoms. The molecule has 0 aromatic heterocycles. The van der Waals surface area contributed by atoms with E-state index in [0.29, 0.717) is 35.2 Å². The first-order valence-corrected chi connectivity index (χ1v) is 14.2. The molecule has 45 heavy (non-hydrogen) atoms. The average Bonchev–Trinajstić information content (AvgIpc) is 3.08. The van der Waals surface area contributed by atoms with E-state index in [4.69, 9.17) is 23.7 Å². The first kappa shape index (κ1) is 30.6. The van der Waals surface area contributed by atoms with Crippen molar-refractivity contribution in [2.75, 3.05) is 14.2 Å². The maximum absolute atomic E-state index is 13.1. The Labute approximate surface area is 261 Å². The molecule has 0 aliphatic heterocycles. The molecule has 228 valence electrons. The summed E-state index contributed by atoms with van der Waals surface area (Å²) < 4.78 is 27.9. The molecule has 0 bridgehead atoms. The van der Waals surface area contributed by atoms with Crippen molar-refractivity contribution in [2.24, 2.45) is 5.10 Å². The molecule has 5 aromatic carbocycles. The normalized spacial score (nSPS) is 11.5. The first-order chi connectivity index (χ1) is 21.9. The second-order valence-corrected chi connectivity index (χ2v) is 9.90. The Morgan fingerprint density at radius 2 is 1.47 bits per heavy atom. The number of methoxy groups -OCH3 is 2. The number of ether oxygens (including phenoxy) is 5. The molecule has 0 radical (unpaired) electrons. The van der Waals surface area contributed by atoms with Gasteiger partial charge in [-0.15, -0.1) is 0 Å². The highest BCUT2D eigenvalue weighted by molar-refractivity contribution is 6.04. The van der Waals surface area contributed by atoms with Gasteiger partial charge in [-0.3, -0.25) is 4.79 Å². The lowest BCUT2D eigenvalue weighted by atomic mass is 10.0. The SMILES string of the molecule is COc1ccc(C(=O)Oc2ccc3ccccc3c2/C=N\NC(=O)[C@@H](C)Oc2ccc(OCc3ccccc3)cc2)cc1OC. The fourth-order valence-corrected chi connectivity index (χ4v) is 4.48. The van der Waals surface area contributed by atoms with E-state index in [1.165, 1.54) is 20.4 Å². The van der Waals surface area contributed by atoms with Crippen LogP contribution in [-0.2, 0) is 11.4 Å². The van der Waals surface area contributed by atoms with Gasteiger partial charge in [0.25, 0.3) is 5.91 Å². The van der Waals surface area contributed by atoms with Crippen LogP contribution in [0, 0.1) is 0 Å². The van der Waals surface area contributed by atoms with Crippen LogP contribution in [0.15, 0.2) is 114 Å². The van der Waals surface area contributed by atoms with Crippen LogP contribution in [0.1, 0.15) is 28.4 Å². The lowest BCUT2D eigenvalue weighted by molar-refractivity contribution is -0.127. The van der Waals surface area contributed by atoms with Gasteiger partial charge in [-0.2, -0.15) is 5.10 Å². The molecule has 0 heterocycles. The fraction of sp³-hybridized carbons (Fsp3) is 0.139. The highest BCUT2D eigenvalue weighted by Crippen LogP contribution is 2.30. The second-order valence-electron chi connectivity index (χ2n) is 9.90. The zero-order valence-electron chi connectivity index (χ0n) is 25.1. The van der Waals surface area contributed by atoms with Crippen molar-refractivity contribution in [1.82, 2.24) is 5.43 Å². The third-order valence-electron chi connectivity index (χ3n) is 6.88. The lowest BCUT2D eigenvalue weighted by Gasteiger charge is -2.14. The van der Waals surface area contributed by atoms with Gasteiger partial charge >= 0.3 is 5.97 Å². The van der Waals surface area contributed by atoms with Gasteiger partial charge in [0, 0.05) is 5.56 Å². The van der Waals surface area contributed by atoms with Crippen molar-refractivity contribution in [3.63, 3.8) is 0 Å². The smallest absolute Gasteiger partial charge is 0.343 e. The molecule has 0 aliphatic carbocycles. The van der Waals surface area contributed by atoms with E-state index in [0.717, 1.165) is 16.3 Å². The van der Waals surface area contributed by atoms with Crippen molar-refractivity contribution in [2.45, 2.75) is 19.6 Å². The Balaban J connectivity index is 1.24. The number of esters is 1. The van der Waals surface area contributed by atoms with Crippen LogP contribution >= 0.6 is 0 Å². The third-order valence-corrected chi connectivity index (χ3v) is 6.88. The Hall–Kier alpha value is -5.83. The maximum atomic E-state index is 13.1. The van der Waals surface area contributed by atoms with Crippen molar-refractivity contribution in [1.29, 1.82) is 0 Å². The number of amides is 1. The van der Waals surface area contributed by atoms with Gasteiger partial charge in [-0.25, -0.2) is 10.2 Å². The summed E-state index contributed by atoms with van der Waals surface area (Å²) >= 11 is 0. The molecule has 0 saturated heterocycles. The average molecular weight is 605 g/mol. The number of rotatable bonds is 12. The Morgan fingerprint density at radius 1 is 0.778 bits per heavy atom. The molecule has 1 N–H and O–H groups in total. The first-order valence-electron chi connectivity index (χ1n) is 14.2. The van der Waals surface area contributed by atoms with E-state index in [9.17, 15) is 9.59 Å². The zero-order chi connectivity index (χ0) is 31.6. The lowest BCUT2D eigenvalue weighted by Crippen LogP contribution is -2.33. The molecule has 1 amide bonds. The monoisotopic (exact) mass is 604 g/mol. The molecule has 0 unspecified atom stereocenters. The van der Waals surface area contributed by atoms with Crippen LogP contribution in [0.2, 0.25) is 0 Å². The number of hydrogen-bond acceptors (Lipinski definition) is 8. The molecule has 0 fully saturated rings. The quantitative estimate of drug-likeness (QED) is 0.0743.